The number of nitrogens with one attached hydrogen (secondary N) is 2. The summed E-state index contributed by atoms with van der Waals surface area (Å²) in [6.45, 7) is 12.7. The van der Waals surface area contributed by atoms with Crippen molar-refractivity contribution in [1.82, 2.24) is 9.97 Å². The smallest absolute Gasteiger partial charge is 0.159 e. The molecule has 2 aliphatic carbocycles. The van der Waals surface area contributed by atoms with Crippen molar-refractivity contribution >= 4 is 72.8 Å². The zero-order valence-corrected chi connectivity index (χ0v) is 38.1. The average Bonchev–Trinajstić information content (AvgIpc) is 3.97. The van der Waals surface area contributed by atoms with E-state index in [0.29, 0.717) is 5.92 Å². The minimum absolute atomic E-state index is 0.0616. The van der Waals surface area contributed by atoms with Crippen LogP contribution in [0.25, 0.3) is 94.8 Å². The summed E-state index contributed by atoms with van der Waals surface area (Å²) >= 11 is 0. The number of furan rings is 1. The lowest BCUT2D eigenvalue weighted by Gasteiger charge is -2.33. The largest absolute Gasteiger partial charge is 0.454 e. The molecule has 0 amide bonds. The van der Waals surface area contributed by atoms with Crippen LogP contribution in [0, 0.1) is 5.92 Å². The third-order valence-corrected chi connectivity index (χ3v) is 13.6. The number of aromatic nitrogens is 2. The number of benzene rings is 6. The standard InChI is InChI=1S/C63H53N3O/c1-5-50-54-29-18-30-59(63(54)67-60(50)6-2)66(48-33-31-42(32-34-48)41(3)4)49-35-36-58-56(39-49)53-28-17-27-52(62(53)65-58)55-38-47(43-19-10-7-11-20-43)37-46-25-16-26-51(44-21-12-8-13-22-44)61(46)64-40-57(55)45-23-14-9-15-24-45/h5-10,12-19,21-33,35-41,48,64-65H,1-2,11,20,34H2,3-4H3. The molecule has 0 fully saturated rings. The number of nitrogens with zero attached hydrogens (tertiary/aromatic N) is 1. The number of hydrogen-bond donors (Lipinski definition) is 2. The molecule has 67 heavy (non-hydrogen) atoms. The van der Waals surface area contributed by atoms with Gasteiger partial charge < -0.3 is 19.3 Å². The number of hydrogen-bond acceptors (Lipinski definition) is 2. The van der Waals surface area contributed by atoms with E-state index in [0.717, 1.165) is 113 Å². The summed E-state index contributed by atoms with van der Waals surface area (Å²) in [5.74, 6) is 1.18. The van der Waals surface area contributed by atoms with Crippen molar-refractivity contribution in [3.8, 4) is 33.4 Å². The van der Waals surface area contributed by atoms with E-state index in [2.05, 4.69) is 230 Å². The van der Waals surface area contributed by atoms with Gasteiger partial charge in [-0.25, -0.2) is 0 Å². The van der Waals surface area contributed by atoms with Crippen LogP contribution in [-0.4, -0.2) is 16.0 Å². The minimum atomic E-state index is 0.0616. The van der Waals surface area contributed by atoms with Gasteiger partial charge in [0.05, 0.1) is 22.8 Å². The molecule has 1 unspecified atom stereocenters. The quantitative estimate of drug-likeness (QED) is 0.144. The monoisotopic (exact) mass is 867 g/mol. The molecule has 9 aromatic rings. The first kappa shape index (κ1) is 41.6. The van der Waals surface area contributed by atoms with E-state index < -0.39 is 0 Å². The number of rotatable bonds is 10. The number of anilines is 2. The Morgan fingerprint density at radius 1 is 0.687 bits per heavy atom. The first-order valence-corrected chi connectivity index (χ1v) is 23.5. The highest BCUT2D eigenvalue weighted by Crippen LogP contribution is 2.44. The second kappa shape index (κ2) is 17.7. The van der Waals surface area contributed by atoms with E-state index in [1.807, 2.05) is 6.08 Å². The Morgan fingerprint density at radius 2 is 1.45 bits per heavy atom. The fourth-order valence-corrected chi connectivity index (χ4v) is 10.2. The maximum atomic E-state index is 6.62. The molecule has 11 rings (SSSR count). The molecule has 4 nitrogen and oxygen atoms in total. The van der Waals surface area contributed by atoms with Gasteiger partial charge in [-0.05, 0) is 106 Å². The van der Waals surface area contributed by atoms with Crippen molar-refractivity contribution < 1.29 is 4.42 Å². The van der Waals surface area contributed by atoms with Gasteiger partial charge in [0.25, 0.3) is 0 Å². The zero-order chi connectivity index (χ0) is 45.4. The molecule has 4 heteroatoms. The van der Waals surface area contributed by atoms with E-state index in [1.165, 1.54) is 22.3 Å². The molecular weight excluding hydrogens is 815 g/mol. The molecule has 0 saturated carbocycles. The lowest BCUT2D eigenvalue weighted by Crippen LogP contribution is -2.30. The van der Waals surface area contributed by atoms with Crippen molar-refractivity contribution in [2.24, 2.45) is 5.92 Å². The lowest BCUT2D eigenvalue weighted by molar-refractivity contribution is 0.601. The number of allylic oxidation sites excluding steroid dienone is 6. The summed E-state index contributed by atoms with van der Waals surface area (Å²) in [6.07, 6.45) is 22.5. The third kappa shape index (κ3) is 7.64. The van der Waals surface area contributed by atoms with Crippen LogP contribution in [0.5, 0.6) is 0 Å². The van der Waals surface area contributed by atoms with Crippen LogP contribution in [0.1, 0.15) is 50.0 Å². The van der Waals surface area contributed by atoms with E-state index >= 15 is 0 Å². The zero-order valence-electron chi connectivity index (χ0n) is 38.1. The second-order valence-corrected chi connectivity index (χ2v) is 17.9. The van der Waals surface area contributed by atoms with Gasteiger partial charge in [-0.15, -0.1) is 0 Å². The fraction of sp³-hybridized carbons (Fsp3) is 0.111. The van der Waals surface area contributed by atoms with Gasteiger partial charge in [0.2, 0.25) is 0 Å². The summed E-state index contributed by atoms with van der Waals surface area (Å²) in [5.41, 5.74) is 17.8. The van der Waals surface area contributed by atoms with E-state index in [4.69, 9.17) is 4.42 Å². The maximum Gasteiger partial charge on any atom is 0.159 e. The van der Waals surface area contributed by atoms with Crippen LogP contribution in [0.15, 0.2) is 211 Å². The van der Waals surface area contributed by atoms with Gasteiger partial charge in [-0.1, -0.05) is 179 Å². The van der Waals surface area contributed by atoms with Crippen molar-refractivity contribution in [2.75, 3.05) is 4.90 Å². The predicted molar refractivity (Wildman–Crippen MR) is 287 cm³/mol. The van der Waals surface area contributed by atoms with Gasteiger partial charge in [0.1, 0.15) is 5.76 Å². The molecule has 0 bridgehead atoms. The molecule has 2 aliphatic rings. The van der Waals surface area contributed by atoms with Crippen LogP contribution in [-0.2, 0) is 0 Å². The van der Waals surface area contributed by atoms with Crippen LogP contribution < -0.4 is 4.90 Å². The van der Waals surface area contributed by atoms with Crippen molar-refractivity contribution in [2.45, 2.75) is 39.2 Å². The lowest BCUT2D eigenvalue weighted by atomic mass is 9.91. The predicted octanol–water partition coefficient (Wildman–Crippen LogP) is 17.7. The Labute approximate surface area is 392 Å². The highest BCUT2D eigenvalue weighted by atomic mass is 16.3. The Bertz CT molecular complexity index is 3570. The van der Waals surface area contributed by atoms with Crippen LogP contribution in [0.2, 0.25) is 0 Å². The fourth-order valence-electron chi connectivity index (χ4n) is 10.2. The van der Waals surface area contributed by atoms with Gasteiger partial charge in [0, 0.05) is 55.8 Å². The molecule has 6 aromatic carbocycles. The first-order valence-electron chi connectivity index (χ1n) is 23.5. The van der Waals surface area contributed by atoms with Gasteiger partial charge in [0.15, 0.2) is 5.58 Å². The summed E-state index contributed by atoms with van der Waals surface area (Å²) < 4.78 is 6.62. The molecule has 3 aromatic heterocycles. The first-order chi connectivity index (χ1) is 33.0. The molecule has 326 valence electrons. The van der Waals surface area contributed by atoms with Gasteiger partial charge in [-0.2, -0.15) is 0 Å². The van der Waals surface area contributed by atoms with Crippen molar-refractivity contribution in [3.63, 3.8) is 0 Å². The van der Waals surface area contributed by atoms with Crippen LogP contribution >= 0.6 is 0 Å². The number of H-pyrrole nitrogens is 2. The van der Waals surface area contributed by atoms with E-state index in [1.54, 1.807) is 6.08 Å². The van der Waals surface area contributed by atoms with E-state index in [-0.39, 0.29) is 6.04 Å². The van der Waals surface area contributed by atoms with Crippen LogP contribution in [0.3, 0.4) is 0 Å². The third-order valence-electron chi connectivity index (χ3n) is 13.6. The molecule has 0 spiro atoms. The highest BCUT2D eigenvalue weighted by molar-refractivity contribution is 6.14. The molecular formula is C63H53N3O. The molecule has 0 aliphatic heterocycles. The highest BCUT2D eigenvalue weighted by Gasteiger charge is 2.26. The topological polar surface area (TPSA) is 48.0 Å². The summed E-state index contributed by atoms with van der Waals surface area (Å²) in [4.78, 5) is 10.3. The Hall–Kier alpha value is -8.08. The van der Waals surface area contributed by atoms with Crippen LogP contribution in [0.4, 0.5) is 11.4 Å². The van der Waals surface area contributed by atoms with E-state index in [9.17, 15) is 0 Å². The van der Waals surface area contributed by atoms with Gasteiger partial charge in [-0.3, -0.25) is 0 Å². The molecule has 3 heterocycles. The average molecular weight is 868 g/mol. The normalized spacial score (nSPS) is 14.7. The number of para-hydroxylation sites is 3. The minimum Gasteiger partial charge on any atom is -0.454 e. The van der Waals surface area contributed by atoms with Gasteiger partial charge >= 0.3 is 0 Å². The second-order valence-electron chi connectivity index (χ2n) is 17.9. The molecule has 2 N–H and O–H groups in total. The van der Waals surface area contributed by atoms with Crippen molar-refractivity contribution in [3.05, 3.63) is 224 Å². The summed E-state index contributed by atoms with van der Waals surface area (Å²) in [7, 11) is 0. The number of fused-ring (bicyclic) bond motifs is 5. The Morgan fingerprint density at radius 3 is 2.18 bits per heavy atom. The SMILES string of the molecule is C=Cc1oc2c(N(c3ccc4[nH]c5c(-c6cc(C7=CC=CCC7)cc7cccc(-c8ccccc8)c7[nH]cc6-c6ccccc6)cccc5c4c3)C3C=CC(C(C)C)=CC3)cccc2c1C=C. The Kier molecular flexibility index (Phi) is 11.0. The Balaban J connectivity index is 1.15. The maximum absolute atomic E-state index is 6.62. The summed E-state index contributed by atoms with van der Waals surface area (Å²) in [6, 6.07) is 53.0. The molecule has 0 saturated heterocycles. The van der Waals surface area contributed by atoms with Crippen molar-refractivity contribution in [1.29, 1.82) is 0 Å². The molecule has 1 atom stereocenters. The summed E-state index contributed by atoms with van der Waals surface area (Å²) in [5, 5.41) is 4.49. The molecule has 0 radical (unpaired) electrons. The number of aromatic amines is 2.